The van der Waals surface area contributed by atoms with Crippen molar-refractivity contribution < 1.29 is 4.79 Å². The molecule has 0 radical (unpaired) electrons. The van der Waals surface area contributed by atoms with Gasteiger partial charge in [-0.1, -0.05) is 26.7 Å². The molecule has 15 heavy (non-hydrogen) atoms. The maximum Gasteiger partial charge on any atom is 0.222 e. The van der Waals surface area contributed by atoms with Crippen molar-refractivity contribution in [1.29, 1.82) is 0 Å². The minimum absolute atomic E-state index is 0.254. The molecule has 1 rings (SSSR count). The number of hydrogen-bond acceptors (Lipinski definition) is 1. The van der Waals surface area contributed by atoms with Crippen molar-refractivity contribution in [3.8, 4) is 0 Å². The van der Waals surface area contributed by atoms with E-state index >= 15 is 0 Å². The summed E-state index contributed by atoms with van der Waals surface area (Å²) in [6, 6.07) is 0. The summed E-state index contributed by atoms with van der Waals surface area (Å²) < 4.78 is 0. The van der Waals surface area contributed by atoms with E-state index in [9.17, 15) is 4.79 Å². The van der Waals surface area contributed by atoms with E-state index in [1.807, 2.05) is 4.90 Å². The maximum atomic E-state index is 11.8. The molecule has 2 unspecified atom stereocenters. The first-order chi connectivity index (χ1) is 7.15. The van der Waals surface area contributed by atoms with Crippen LogP contribution in [0.4, 0.5) is 0 Å². The van der Waals surface area contributed by atoms with Crippen LogP contribution in [0.1, 0.15) is 46.0 Å². The molecule has 2 atom stereocenters. The third kappa shape index (κ3) is 4.02. The van der Waals surface area contributed by atoms with E-state index in [4.69, 9.17) is 11.6 Å². The first-order valence-electron chi connectivity index (χ1n) is 6.07. The molecule has 1 saturated heterocycles. The topological polar surface area (TPSA) is 20.3 Å². The number of carbonyl (C=O) groups excluding carboxylic acids is 1. The van der Waals surface area contributed by atoms with Crippen LogP contribution in [0, 0.1) is 5.92 Å². The number of carbonyl (C=O) groups is 1. The second-order valence-corrected chi connectivity index (χ2v) is 5.14. The number of hydrogen-bond donors (Lipinski definition) is 0. The smallest absolute Gasteiger partial charge is 0.222 e. The normalized spacial score (nSPS) is 26.7. The Kier molecular flexibility index (Phi) is 5.44. The van der Waals surface area contributed by atoms with Crippen molar-refractivity contribution >= 4 is 17.5 Å². The Hall–Kier alpha value is -0.240. The molecule has 1 heterocycles. The fourth-order valence-electron chi connectivity index (χ4n) is 2.03. The highest BCUT2D eigenvalue weighted by Crippen LogP contribution is 2.22. The Labute approximate surface area is 98.0 Å². The fourth-order valence-corrected chi connectivity index (χ4v) is 2.21. The number of unbranched alkanes of at least 4 members (excludes halogenated alkanes) is 2. The van der Waals surface area contributed by atoms with Gasteiger partial charge in [0.2, 0.25) is 5.91 Å². The number of piperidine rings is 1. The highest BCUT2D eigenvalue weighted by atomic mass is 35.5. The van der Waals surface area contributed by atoms with Gasteiger partial charge in [0.1, 0.15) is 0 Å². The van der Waals surface area contributed by atoms with Crippen molar-refractivity contribution in [2.75, 3.05) is 13.1 Å². The molecular weight excluding hydrogens is 210 g/mol. The largest absolute Gasteiger partial charge is 0.342 e. The van der Waals surface area contributed by atoms with E-state index < -0.39 is 0 Å². The van der Waals surface area contributed by atoms with Crippen molar-refractivity contribution in [1.82, 2.24) is 4.90 Å². The fraction of sp³-hybridized carbons (Fsp3) is 0.917. The number of rotatable bonds is 4. The van der Waals surface area contributed by atoms with Crippen molar-refractivity contribution in [2.45, 2.75) is 51.3 Å². The molecule has 0 aromatic heterocycles. The van der Waals surface area contributed by atoms with Crippen LogP contribution in [0.2, 0.25) is 0 Å². The van der Waals surface area contributed by atoms with Crippen LogP contribution in [0.5, 0.6) is 0 Å². The minimum Gasteiger partial charge on any atom is -0.342 e. The molecule has 88 valence electrons. The van der Waals surface area contributed by atoms with E-state index in [2.05, 4.69) is 13.8 Å². The summed E-state index contributed by atoms with van der Waals surface area (Å²) in [7, 11) is 0. The Balaban J connectivity index is 2.28. The van der Waals surface area contributed by atoms with E-state index in [1.54, 1.807) is 0 Å². The third-order valence-electron chi connectivity index (χ3n) is 3.15. The predicted octanol–water partition coefficient (Wildman–Crippen LogP) is 3.04. The first-order valence-corrected chi connectivity index (χ1v) is 6.50. The van der Waals surface area contributed by atoms with Gasteiger partial charge >= 0.3 is 0 Å². The van der Waals surface area contributed by atoms with Gasteiger partial charge in [-0.25, -0.2) is 0 Å². The standard InChI is InChI=1S/C12H22ClNO/c1-3-4-5-6-12(15)14-8-7-11(13)10(2)9-14/h10-11H,3-9H2,1-2H3. The van der Waals surface area contributed by atoms with Gasteiger partial charge in [0, 0.05) is 24.9 Å². The first kappa shape index (κ1) is 12.8. The Morgan fingerprint density at radius 2 is 2.20 bits per heavy atom. The van der Waals surface area contributed by atoms with Gasteiger partial charge in [0.25, 0.3) is 0 Å². The second-order valence-electron chi connectivity index (χ2n) is 4.58. The zero-order chi connectivity index (χ0) is 11.3. The zero-order valence-corrected chi connectivity index (χ0v) is 10.6. The van der Waals surface area contributed by atoms with Gasteiger partial charge in [0.15, 0.2) is 0 Å². The maximum absolute atomic E-state index is 11.8. The third-order valence-corrected chi connectivity index (χ3v) is 3.80. The van der Waals surface area contributed by atoms with Gasteiger partial charge in [0.05, 0.1) is 0 Å². The summed E-state index contributed by atoms with van der Waals surface area (Å²) in [5, 5.41) is 0.254. The highest BCUT2D eigenvalue weighted by molar-refractivity contribution is 6.20. The van der Waals surface area contributed by atoms with Gasteiger partial charge in [-0.3, -0.25) is 4.79 Å². The van der Waals surface area contributed by atoms with Crippen LogP contribution in [0.3, 0.4) is 0 Å². The summed E-state index contributed by atoms with van der Waals surface area (Å²) >= 11 is 6.13. The summed E-state index contributed by atoms with van der Waals surface area (Å²) in [4.78, 5) is 13.8. The molecule has 2 nitrogen and oxygen atoms in total. The highest BCUT2D eigenvalue weighted by Gasteiger charge is 2.26. The van der Waals surface area contributed by atoms with E-state index in [-0.39, 0.29) is 5.38 Å². The minimum atomic E-state index is 0.254. The molecule has 1 aliphatic rings. The molecule has 0 saturated carbocycles. The lowest BCUT2D eigenvalue weighted by Gasteiger charge is -2.34. The van der Waals surface area contributed by atoms with Gasteiger partial charge in [-0.15, -0.1) is 11.6 Å². The molecule has 0 aliphatic carbocycles. The number of alkyl halides is 1. The molecule has 1 aliphatic heterocycles. The van der Waals surface area contributed by atoms with Crippen LogP contribution in [0.25, 0.3) is 0 Å². The second kappa shape index (κ2) is 6.37. The zero-order valence-electron chi connectivity index (χ0n) is 9.84. The Morgan fingerprint density at radius 1 is 1.47 bits per heavy atom. The van der Waals surface area contributed by atoms with Crippen LogP contribution in [-0.4, -0.2) is 29.3 Å². The van der Waals surface area contributed by atoms with E-state index in [0.717, 1.165) is 32.4 Å². The quantitative estimate of drug-likeness (QED) is 0.538. The van der Waals surface area contributed by atoms with E-state index in [1.165, 1.54) is 6.42 Å². The lowest BCUT2D eigenvalue weighted by Crippen LogP contribution is -2.43. The molecule has 3 heteroatoms. The summed E-state index contributed by atoms with van der Waals surface area (Å²) in [5.74, 6) is 0.759. The van der Waals surface area contributed by atoms with Crippen LogP contribution in [0.15, 0.2) is 0 Å². The lowest BCUT2D eigenvalue weighted by molar-refractivity contribution is -0.132. The molecule has 1 fully saturated rings. The summed E-state index contributed by atoms with van der Waals surface area (Å²) in [6.45, 7) is 5.98. The van der Waals surface area contributed by atoms with Crippen LogP contribution < -0.4 is 0 Å². The van der Waals surface area contributed by atoms with Crippen molar-refractivity contribution in [2.24, 2.45) is 5.92 Å². The lowest BCUT2D eigenvalue weighted by atomic mass is 9.99. The monoisotopic (exact) mass is 231 g/mol. The van der Waals surface area contributed by atoms with Gasteiger partial charge < -0.3 is 4.90 Å². The average Bonchev–Trinajstić information content (AvgIpc) is 2.22. The van der Waals surface area contributed by atoms with Crippen LogP contribution >= 0.6 is 11.6 Å². The predicted molar refractivity (Wildman–Crippen MR) is 64.1 cm³/mol. The molecule has 0 N–H and O–H groups in total. The molecule has 1 amide bonds. The molecular formula is C12H22ClNO. The summed E-state index contributed by atoms with van der Waals surface area (Å²) in [5.41, 5.74) is 0. The molecule has 0 aromatic carbocycles. The van der Waals surface area contributed by atoms with Crippen molar-refractivity contribution in [3.63, 3.8) is 0 Å². The average molecular weight is 232 g/mol. The Bertz CT molecular complexity index is 208. The molecule has 0 spiro atoms. The van der Waals surface area contributed by atoms with Crippen molar-refractivity contribution in [3.05, 3.63) is 0 Å². The van der Waals surface area contributed by atoms with E-state index in [0.29, 0.717) is 18.2 Å². The number of amides is 1. The summed E-state index contributed by atoms with van der Waals surface area (Å²) in [6.07, 6.45) is 5.03. The number of nitrogens with zero attached hydrogens (tertiary/aromatic N) is 1. The number of halogens is 1. The van der Waals surface area contributed by atoms with Gasteiger partial charge in [-0.2, -0.15) is 0 Å². The Morgan fingerprint density at radius 3 is 2.80 bits per heavy atom. The molecule has 0 bridgehead atoms. The van der Waals surface area contributed by atoms with Gasteiger partial charge in [-0.05, 0) is 18.8 Å². The SMILES string of the molecule is CCCCCC(=O)N1CCC(Cl)C(C)C1. The number of likely N-dealkylation sites (tertiary alicyclic amines) is 1. The van der Waals surface area contributed by atoms with Crippen LogP contribution in [-0.2, 0) is 4.79 Å². The molecule has 0 aromatic rings.